The van der Waals surface area contributed by atoms with Crippen LogP contribution in [0.2, 0.25) is 0 Å². The molecule has 4 nitrogen and oxygen atoms in total. The van der Waals surface area contributed by atoms with Crippen molar-refractivity contribution in [2.75, 3.05) is 12.8 Å². The molecule has 0 heterocycles. The van der Waals surface area contributed by atoms with E-state index in [0.29, 0.717) is 42.9 Å². The van der Waals surface area contributed by atoms with Gasteiger partial charge in [0.15, 0.2) is 29.0 Å². The molecule has 396 valence electrons. The Balaban J connectivity index is 1.13. The molecule has 2 aliphatic rings. The molecule has 0 saturated heterocycles. The summed E-state index contributed by atoms with van der Waals surface area (Å²) in [5, 5.41) is 0. The van der Waals surface area contributed by atoms with Gasteiger partial charge in [-0.05, 0) is 124 Å². The Morgan fingerprint density at radius 2 is 0.855 bits per heavy atom. The van der Waals surface area contributed by atoms with E-state index in [1.165, 1.54) is 109 Å². The van der Waals surface area contributed by atoms with Crippen molar-refractivity contribution in [1.29, 1.82) is 0 Å². The Hall–Kier alpha value is -2.05. The van der Waals surface area contributed by atoms with Crippen LogP contribution in [0.3, 0.4) is 0 Å². The molecule has 0 radical (unpaired) electrons. The predicted octanol–water partition coefficient (Wildman–Crippen LogP) is 20.6. The van der Waals surface area contributed by atoms with Crippen LogP contribution in [0.25, 0.3) is 0 Å². The van der Waals surface area contributed by atoms with E-state index in [1.54, 1.807) is 18.2 Å². The Labute approximate surface area is 419 Å². The first-order chi connectivity index (χ1) is 33.6. The number of benzene rings is 2. The zero-order chi connectivity index (χ0) is 49.5. The van der Waals surface area contributed by atoms with E-state index in [0.717, 1.165) is 128 Å². The molecule has 9 heteroatoms. The number of hydrogen-bond acceptors (Lipinski definition) is 3. The maximum Gasteiger partial charge on any atom is 0.239 e. The summed E-state index contributed by atoms with van der Waals surface area (Å²) < 4.78 is 87.4. The highest BCUT2D eigenvalue weighted by Crippen LogP contribution is 2.51. The Morgan fingerprint density at radius 1 is 0.478 bits per heavy atom. The van der Waals surface area contributed by atoms with Crippen LogP contribution in [0, 0.1) is 35.1 Å². The summed E-state index contributed by atoms with van der Waals surface area (Å²) in [4.78, 5) is 11.4. The van der Waals surface area contributed by atoms with Gasteiger partial charge in [-0.2, -0.15) is 8.78 Å². The zero-order valence-electron chi connectivity index (χ0n) is 44.1. The van der Waals surface area contributed by atoms with Crippen LogP contribution >= 0.6 is 7.37 Å². The van der Waals surface area contributed by atoms with Crippen LogP contribution in [0.5, 0.6) is 11.5 Å². The fourth-order valence-electron chi connectivity index (χ4n) is 11.5. The van der Waals surface area contributed by atoms with Gasteiger partial charge in [0, 0.05) is 6.16 Å². The van der Waals surface area contributed by atoms with Crippen LogP contribution in [0.1, 0.15) is 288 Å². The smallest absolute Gasteiger partial charge is 0.239 e. The first-order valence-corrected chi connectivity index (χ1v) is 31.1. The van der Waals surface area contributed by atoms with Gasteiger partial charge >= 0.3 is 0 Å². The molecular weight excluding hydrogens is 892 g/mol. The minimum absolute atomic E-state index is 0.00953. The molecule has 0 aliphatic heterocycles. The van der Waals surface area contributed by atoms with Crippen molar-refractivity contribution < 1.29 is 36.5 Å². The highest BCUT2D eigenvalue weighted by molar-refractivity contribution is 7.58. The van der Waals surface area contributed by atoms with E-state index in [1.807, 2.05) is 0 Å². The average Bonchev–Trinajstić information content (AvgIpc) is 3.35. The van der Waals surface area contributed by atoms with E-state index in [2.05, 4.69) is 20.8 Å². The Morgan fingerprint density at radius 3 is 1.32 bits per heavy atom. The third-order valence-electron chi connectivity index (χ3n) is 16.1. The molecule has 4 rings (SSSR count). The quantitative estimate of drug-likeness (QED) is 0.0412. The summed E-state index contributed by atoms with van der Waals surface area (Å²) in [6, 6.07) is 6.53. The van der Waals surface area contributed by atoms with E-state index in [4.69, 9.17) is 9.47 Å². The summed E-state index contributed by atoms with van der Waals surface area (Å²) in [6.45, 7) is 7.03. The first kappa shape index (κ1) is 59.5. The molecule has 2 unspecified atom stereocenters. The molecule has 1 N–H and O–H groups in total. The second kappa shape index (κ2) is 35.2. The van der Waals surface area contributed by atoms with Gasteiger partial charge in [0.1, 0.15) is 0 Å². The number of halogens is 4. The van der Waals surface area contributed by atoms with Gasteiger partial charge in [0.25, 0.3) is 0 Å². The van der Waals surface area contributed by atoms with Crippen molar-refractivity contribution in [3.8, 4) is 11.5 Å². The molecule has 0 bridgehead atoms. The largest absolute Gasteiger partial charge is 0.490 e. The number of unbranched alkanes of at least 4 members (excludes halogenated alkanes) is 23. The van der Waals surface area contributed by atoms with Gasteiger partial charge in [-0.3, -0.25) is 4.57 Å². The fraction of sp³-hybridized carbons (Fsp3) is 0.800. The topological polar surface area (TPSA) is 55.8 Å². The highest BCUT2D eigenvalue weighted by Gasteiger charge is 2.34. The summed E-state index contributed by atoms with van der Waals surface area (Å²) in [5.41, 5.74) is 0.925. The molecule has 69 heavy (non-hydrogen) atoms. The van der Waals surface area contributed by atoms with Gasteiger partial charge in [-0.25, -0.2) is 8.78 Å². The number of ether oxygens (including phenoxy) is 2. The lowest BCUT2D eigenvalue weighted by Gasteiger charge is -2.29. The highest BCUT2D eigenvalue weighted by atomic mass is 31.2. The molecule has 2 aromatic rings. The predicted molar refractivity (Wildman–Crippen MR) is 282 cm³/mol. The third-order valence-corrected chi connectivity index (χ3v) is 18.3. The van der Waals surface area contributed by atoms with Crippen LogP contribution in [0.15, 0.2) is 24.3 Å². The van der Waals surface area contributed by atoms with Crippen molar-refractivity contribution in [3.63, 3.8) is 0 Å². The van der Waals surface area contributed by atoms with Crippen LogP contribution < -0.4 is 9.47 Å². The van der Waals surface area contributed by atoms with E-state index >= 15 is 17.6 Å². The van der Waals surface area contributed by atoms with Gasteiger partial charge in [0.05, 0.1) is 6.61 Å². The summed E-state index contributed by atoms with van der Waals surface area (Å²) >= 11 is 0. The van der Waals surface area contributed by atoms with Gasteiger partial charge in [-0.15, -0.1) is 0 Å². The monoisotopic (exact) mass is 991 g/mol. The molecule has 2 atom stereocenters. The molecule has 2 fully saturated rings. The lowest BCUT2D eigenvalue weighted by Crippen LogP contribution is -2.20. The van der Waals surface area contributed by atoms with Crippen molar-refractivity contribution in [2.45, 2.75) is 282 Å². The van der Waals surface area contributed by atoms with Gasteiger partial charge < -0.3 is 14.4 Å². The lowest BCUT2D eigenvalue weighted by atomic mass is 9.77. The third kappa shape index (κ3) is 22.3. The molecule has 2 saturated carbocycles. The second-order valence-electron chi connectivity index (χ2n) is 21.7. The van der Waals surface area contributed by atoms with Crippen molar-refractivity contribution >= 4 is 7.37 Å². The molecular formula is C60H99F4O4P. The van der Waals surface area contributed by atoms with E-state index < -0.39 is 36.5 Å². The van der Waals surface area contributed by atoms with Crippen LogP contribution in [0.4, 0.5) is 17.6 Å². The summed E-state index contributed by atoms with van der Waals surface area (Å²) in [5.74, 6) is -3.30. The molecule has 0 amide bonds. The normalized spacial score (nSPS) is 19.9. The Bertz CT molecular complexity index is 1690. The average molecular weight is 991 g/mol. The fourth-order valence-corrected chi connectivity index (χ4v) is 13.3. The first-order valence-electron chi connectivity index (χ1n) is 29.2. The molecule has 2 aliphatic carbocycles. The number of hydrogen-bond donors (Lipinski definition) is 1. The van der Waals surface area contributed by atoms with Crippen molar-refractivity contribution in [2.24, 2.45) is 11.8 Å². The molecule has 2 aromatic carbocycles. The molecule has 0 aromatic heterocycles. The van der Waals surface area contributed by atoms with E-state index in [9.17, 15) is 9.46 Å². The number of rotatable bonds is 39. The standard InChI is InChI=1S/C60H99F4O4P/c1-4-7-10-13-14-18-23-28-33-56(68-55-45-43-53(58(62)60(55)64)51-40-36-49(37-41-51)32-27-22-12-9-6-3)69(65,66)47-30-25-20-17-15-16-19-24-29-46-67-54-44-42-52(57(61)59(54)63)50-38-34-48(35-39-50)31-26-21-11-8-5-2/h42-45,48-51,56H,4-41,46-47H2,1-3H3,(H,65,66). The van der Waals surface area contributed by atoms with Gasteiger partial charge in [-0.1, -0.05) is 200 Å². The van der Waals surface area contributed by atoms with Crippen LogP contribution in [-0.4, -0.2) is 23.5 Å². The SMILES string of the molecule is CCCCCCCCCCC(Oc1ccc(C2CCC(CCCCCCC)CC2)c(F)c1F)P(=O)(O)CCCCCCCCCCCOc1ccc(C2CCC(CCCCCCC)CC2)c(F)c1F. The van der Waals surface area contributed by atoms with Crippen molar-refractivity contribution in [1.82, 2.24) is 0 Å². The Kier molecular flexibility index (Phi) is 30.3. The van der Waals surface area contributed by atoms with Gasteiger partial charge in [0.2, 0.25) is 19.0 Å². The summed E-state index contributed by atoms with van der Waals surface area (Å²) in [7, 11) is -3.83. The molecule has 0 spiro atoms. The summed E-state index contributed by atoms with van der Waals surface area (Å²) in [6.07, 6.45) is 40.6. The lowest BCUT2D eigenvalue weighted by molar-refractivity contribution is 0.225. The maximum atomic E-state index is 15.8. The van der Waals surface area contributed by atoms with E-state index in [-0.39, 0.29) is 29.5 Å². The zero-order valence-corrected chi connectivity index (χ0v) is 45.0. The van der Waals surface area contributed by atoms with Crippen molar-refractivity contribution in [3.05, 3.63) is 58.7 Å². The maximum absolute atomic E-state index is 15.8. The minimum atomic E-state index is -3.83. The minimum Gasteiger partial charge on any atom is -0.490 e. The second-order valence-corrected chi connectivity index (χ2v) is 24.3. The van der Waals surface area contributed by atoms with Crippen LogP contribution in [-0.2, 0) is 4.57 Å².